The molecule has 3 nitrogen and oxygen atoms in total. The molecule has 0 aliphatic carbocycles. The summed E-state index contributed by atoms with van der Waals surface area (Å²) in [6, 6.07) is 2.24. The molecule has 0 saturated carbocycles. The number of hydrogen-bond donors (Lipinski definition) is 1. The standard InChI is InChI=1S/C15H31N3/c1-12(2)16-10-14-5-8-18(11-14)15-6-7-17(4)13(3)9-15/h12-16H,5-11H2,1-4H3. The second-order valence-corrected chi connectivity index (χ2v) is 6.72. The van der Waals surface area contributed by atoms with E-state index in [0.29, 0.717) is 6.04 Å². The van der Waals surface area contributed by atoms with Crippen molar-refractivity contribution in [1.29, 1.82) is 0 Å². The fourth-order valence-electron chi connectivity index (χ4n) is 3.36. The van der Waals surface area contributed by atoms with Gasteiger partial charge in [0, 0.05) is 24.7 Å². The second-order valence-electron chi connectivity index (χ2n) is 6.72. The van der Waals surface area contributed by atoms with Gasteiger partial charge in [-0.05, 0) is 58.8 Å². The normalized spacial score (nSPS) is 35.5. The van der Waals surface area contributed by atoms with Gasteiger partial charge < -0.3 is 10.2 Å². The predicted octanol–water partition coefficient (Wildman–Crippen LogP) is 1.79. The van der Waals surface area contributed by atoms with Crippen LogP contribution in [0.3, 0.4) is 0 Å². The topological polar surface area (TPSA) is 18.5 Å². The van der Waals surface area contributed by atoms with Gasteiger partial charge in [0.15, 0.2) is 0 Å². The summed E-state index contributed by atoms with van der Waals surface area (Å²) in [6.45, 7) is 12.0. The van der Waals surface area contributed by atoms with Crippen LogP contribution in [-0.4, -0.2) is 61.2 Å². The molecule has 2 aliphatic heterocycles. The van der Waals surface area contributed by atoms with Crippen LogP contribution in [0.25, 0.3) is 0 Å². The van der Waals surface area contributed by atoms with Crippen LogP contribution in [0.5, 0.6) is 0 Å². The highest BCUT2D eigenvalue weighted by atomic mass is 15.2. The van der Waals surface area contributed by atoms with E-state index in [-0.39, 0.29) is 0 Å². The van der Waals surface area contributed by atoms with Crippen molar-refractivity contribution in [2.75, 3.05) is 33.2 Å². The molecule has 0 aromatic heterocycles. The minimum Gasteiger partial charge on any atom is -0.314 e. The lowest BCUT2D eigenvalue weighted by molar-refractivity contribution is 0.101. The first-order chi connectivity index (χ1) is 8.56. The van der Waals surface area contributed by atoms with Crippen LogP contribution < -0.4 is 5.32 Å². The molecule has 2 heterocycles. The van der Waals surface area contributed by atoms with Crippen LogP contribution in [0.15, 0.2) is 0 Å². The Kier molecular flexibility index (Phi) is 5.05. The summed E-state index contributed by atoms with van der Waals surface area (Å²) < 4.78 is 0. The molecule has 2 rings (SSSR count). The first-order valence-electron chi connectivity index (χ1n) is 7.74. The molecule has 0 aromatic carbocycles. The lowest BCUT2D eigenvalue weighted by Gasteiger charge is -2.39. The fraction of sp³-hybridized carbons (Fsp3) is 1.00. The first kappa shape index (κ1) is 14.3. The number of hydrogen-bond acceptors (Lipinski definition) is 3. The largest absolute Gasteiger partial charge is 0.314 e. The van der Waals surface area contributed by atoms with Gasteiger partial charge in [0.05, 0.1) is 0 Å². The van der Waals surface area contributed by atoms with Gasteiger partial charge in [-0.1, -0.05) is 13.8 Å². The van der Waals surface area contributed by atoms with E-state index in [1.807, 2.05) is 0 Å². The molecule has 0 aromatic rings. The number of piperidine rings is 1. The van der Waals surface area contributed by atoms with E-state index in [1.54, 1.807) is 0 Å². The van der Waals surface area contributed by atoms with E-state index >= 15 is 0 Å². The molecule has 2 aliphatic rings. The Balaban J connectivity index is 1.75. The Morgan fingerprint density at radius 2 is 2.00 bits per heavy atom. The minimum absolute atomic E-state index is 0.627. The van der Waals surface area contributed by atoms with Crippen LogP contribution in [0.1, 0.15) is 40.0 Å². The zero-order valence-electron chi connectivity index (χ0n) is 12.7. The van der Waals surface area contributed by atoms with Gasteiger partial charge in [0.25, 0.3) is 0 Å². The van der Waals surface area contributed by atoms with E-state index in [9.17, 15) is 0 Å². The zero-order valence-corrected chi connectivity index (χ0v) is 12.7. The van der Waals surface area contributed by atoms with E-state index < -0.39 is 0 Å². The molecule has 0 amide bonds. The molecule has 1 N–H and O–H groups in total. The van der Waals surface area contributed by atoms with Crippen molar-refractivity contribution in [3.05, 3.63) is 0 Å². The lowest BCUT2D eigenvalue weighted by atomic mass is 9.97. The van der Waals surface area contributed by atoms with Crippen LogP contribution in [-0.2, 0) is 0 Å². The predicted molar refractivity (Wildman–Crippen MR) is 77.9 cm³/mol. The third kappa shape index (κ3) is 3.69. The molecular formula is C15H31N3. The minimum atomic E-state index is 0.627. The maximum absolute atomic E-state index is 3.59. The number of nitrogens with zero attached hydrogens (tertiary/aromatic N) is 2. The Labute approximate surface area is 113 Å². The van der Waals surface area contributed by atoms with Crippen molar-refractivity contribution in [1.82, 2.24) is 15.1 Å². The summed E-state index contributed by atoms with van der Waals surface area (Å²) in [5, 5.41) is 3.59. The number of rotatable bonds is 4. The van der Waals surface area contributed by atoms with Gasteiger partial charge in [-0.15, -0.1) is 0 Å². The molecule has 3 unspecified atom stereocenters. The summed E-state index contributed by atoms with van der Waals surface area (Å²) in [5.41, 5.74) is 0. The summed E-state index contributed by atoms with van der Waals surface area (Å²) >= 11 is 0. The quantitative estimate of drug-likeness (QED) is 0.824. The summed E-state index contributed by atoms with van der Waals surface area (Å²) in [7, 11) is 2.26. The molecule has 0 bridgehead atoms. The number of likely N-dealkylation sites (tertiary alicyclic amines) is 2. The average Bonchev–Trinajstić information content (AvgIpc) is 2.79. The fourth-order valence-corrected chi connectivity index (χ4v) is 3.36. The lowest BCUT2D eigenvalue weighted by Crippen LogP contribution is -2.47. The van der Waals surface area contributed by atoms with E-state index in [1.165, 1.54) is 45.4 Å². The van der Waals surface area contributed by atoms with Gasteiger partial charge in [0.1, 0.15) is 0 Å². The highest BCUT2D eigenvalue weighted by Crippen LogP contribution is 2.26. The molecular weight excluding hydrogens is 222 g/mol. The molecule has 3 heteroatoms. The first-order valence-corrected chi connectivity index (χ1v) is 7.74. The van der Waals surface area contributed by atoms with Crippen LogP contribution in [0.4, 0.5) is 0 Å². The van der Waals surface area contributed by atoms with Gasteiger partial charge in [-0.3, -0.25) is 4.90 Å². The summed E-state index contributed by atoms with van der Waals surface area (Å²) in [4.78, 5) is 5.26. The molecule has 18 heavy (non-hydrogen) atoms. The van der Waals surface area contributed by atoms with Crippen molar-refractivity contribution in [3.63, 3.8) is 0 Å². The molecule has 0 radical (unpaired) electrons. The van der Waals surface area contributed by atoms with Gasteiger partial charge in [-0.25, -0.2) is 0 Å². The SMILES string of the molecule is CC(C)NCC1CCN(C2CCN(C)C(C)C2)C1. The average molecular weight is 253 g/mol. The molecule has 106 valence electrons. The van der Waals surface area contributed by atoms with Crippen LogP contribution >= 0.6 is 0 Å². The Morgan fingerprint density at radius 3 is 2.67 bits per heavy atom. The second kappa shape index (κ2) is 6.36. The monoisotopic (exact) mass is 253 g/mol. The molecule has 2 saturated heterocycles. The van der Waals surface area contributed by atoms with Crippen molar-refractivity contribution in [2.45, 2.75) is 58.2 Å². The van der Waals surface area contributed by atoms with E-state index in [0.717, 1.165) is 18.0 Å². The third-order valence-electron chi connectivity index (χ3n) is 4.83. The zero-order chi connectivity index (χ0) is 13.1. The van der Waals surface area contributed by atoms with E-state index in [2.05, 4.69) is 42.9 Å². The van der Waals surface area contributed by atoms with Gasteiger partial charge >= 0.3 is 0 Å². The van der Waals surface area contributed by atoms with Crippen molar-refractivity contribution in [2.24, 2.45) is 5.92 Å². The maximum Gasteiger partial charge on any atom is 0.0122 e. The summed E-state index contributed by atoms with van der Waals surface area (Å²) in [5.74, 6) is 0.877. The van der Waals surface area contributed by atoms with Crippen molar-refractivity contribution in [3.8, 4) is 0 Å². The van der Waals surface area contributed by atoms with Gasteiger partial charge in [0.2, 0.25) is 0 Å². The Bertz CT molecular complexity index is 254. The highest BCUT2D eigenvalue weighted by Gasteiger charge is 2.32. The molecule has 2 fully saturated rings. The van der Waals surface area contributed by atoms with Crippen molar-refractivity contribution >= 4 is 0 Å². The smallest absolute Gasteiger partial charge is 0.0122 e. The van der Waals surface area contributed by atoms with Crippen LogP contribution in [0, 0.1) is 5.92 Å². The Hall–Kier alpha value is -0.120. The highest BCUT2D eigenvalue weighted by molar-refractivity contribution is 4.88. The van der Waals surface area contributed by atoms with E-state index in [4.69, 9.17) is 0 Å². The van der Waals surface area contributed by atoms with Gasteiger partial charge in [-0.2, -0.15) is 0 Å². The Morgan fingerprint density at radius 1 is 1.22 bits per heavy atom. The maximum atomic E-state index is 3.59. The molecule has 3 atom stereocenters. The van der Waals surface area contributed by atoms with Crippen LogP contribution in [0.2, 0.25) is 0 Å². The summed E-state index contributed by atoms with van der Waals surface area (Å²) in [6.07, 6.45) is 4.12. The number of nitrogens with one attached hydrogen (secondary N) is 1. The van der Waals surface area contributed by atoms with Crippen molar-refractivity contribution < 1.29 is 0 Å². The third-order valence-corrected chi connectivity index (χ3v) is 4.83. The molecule has 0 spiro atoms.